The van der Waals surface area contributed by atoms with Crippen molar-refractivity contribution in [2.45, 2.75) is 101 Å². The molecule has 2 aromatic rings. The minimum atomic E-state index is -2.85. The van der Waals surface area contributed by atoms with E-state index in [0.717, 1.165) is 0 Å². The smallest absolute Gasteiger partial charge is 0.334 e. The maximum absolute atomic E-state index is 7.65. The first kappa shape index (κ1) is 29.2. The van der Waals surface area contributed by atoms with Crippen molar-refractivity contribution < 1.29 is 22.4 Å². The normalized spacial score (nSPS) is 27.7. The molecule has 0 aliphatic carbocycles. The molecule has 4 unspecified atom stereocenters. The van der Waals surface area contributed by atoms with Gasteiger partial charge in [0.15, 0.2) is 0 Å². The molecule has 4 atom stereocenters. The van der Waals surface area contributed by atoms with Gasteiger partial charge in [0, 0.05) is 0 Å². The Bertz CT molecular complexity index is 1230. The number of benzene rings is 2. The zero-order valence-electron chi connectivity index (χ0n) is 25.8. The molecule has 7 heteroatoms. The van der Waals surface area contributed by atoms with E-state index in [4.69, 9.17) is 22.4 Å². The van der Waals surface area contributed by atoms with Crippen LogP contribution in [0.5, 0.6) is 0 Å². The van der Waals surface area contributed by atoms with Gasteiger partial charge in [-0.3, -0.25) is 0 Å². The zero-order valence-corrected chi connectivity index (χ0v) is 27.8. The summed E-state index contributed by atoms with van der Waals surface area (Å²) >= 11 is 0. The van der Waals surface area contributed by atoms with Crippen molar-refractivity contribution in [3.63, 3.8) is 0 Å². The highest BCUT2D eigenvalue weighted by atomic mass is 28.5. The monoisotopic (exact) mass is 590 g/mol. The summed E-state index contributed by atoms with van der Waals surface area (Å²) in [7, 11) is -5.71. The first-order valence-corrected chi connectivity index (χ1v) is 19.3. The lowest BCUT2D eigenvalue weighted by atomic mass is 9.88. The molecule has 0 saturated heterocycles. The van der Waals surface area contributed by atoms with E-state index in [-0.39, 0.29) is 34.4 Å². The van der Waals surface area contributed by atoms with E-state index in [2.05, 4.69) is 128 Å². The topological polar surface area (TPSA) is 46.2 Å². The van der Waals surface area contributed by atoms with Crippen LogP contribution >= 0.6 is 0 Å². The largest absolute Gasteiger partial charge is 0.414 e. The molecule has 4 heterocycles. The van der Waals surface area contributed by atoms with Crippen molar-refractivity contribution in [3.8, 4) is 0 Å². The fraction of sp³-hybridized carbons (Fsp3) is 0.529. The molecule has 0 N–H and O–H groups in total. The van der Waals surface area contributed by atoms with Crippen LogP contribution in [0.3, 0.4) is 0 Å². The molecule has 0 spiro atoms. The van der Waals surface area contributed by atoms with Crippen LogP contribution in [0.2, 0.25) is 22.2 Å². The first-order chi connectivity index (χ1) is 19.5. The molecule has 4 aliphatic rings. The number of hydrogen-bond acceptors (Lipinski definition) is 5. The molecule has 0 saturated carbocycles. The molecular weight excluding hydrogens is 545 g/mol. The van der Waals surface area contributed by atoms with Gasteiger partial charge in [-0.1, -0.05) is 116 Å². The average molecular weight is 591 g/mol. The maximum Gasteiger partial charge on any atom is 0.334 e. The summed E-state index contributed by atoms with van der Waals surface area (Å²) in [6, 6.07) is 17.1. The summed E-state index contributed by atoms with van der Waals surface area (Å²) in [5, 5.41) is 0. The van der Waals surface area contributed by atoms with E-state index in [1.807, 2.05) is 0 Å². The van der Waals surface area contributed by atoms with Crippen LogP contribution in [-0.4, -0.2) is 30.3 Å². The predicted octanol–water partition coefficient (Wildman–Crippen LogP) is 8.63. The van der Waals surface area contributed by atoms with Crippen molar-refractivity contribution in [2.24, 2.45) is 0 Å². The van der Waals surface area contributed by atoms with Crippen LogP contribution in [0.4, 0.5) is 0 Å². The van der Waals surface area contributed by atoms with Crippen LogP contribution in [0, 0.1) is 0 Å². The van der Waals surface area contributed by atoms with Gasteiger partial charge in [0.2, 0.25) is 0 Å². The Morgan fingerprint density at radius 2 is 0.976 bits per heavy atom. The molecule has 4 bridgehead atoms. The van der Waals surface area contributed by atoms with Crippen molar-refractivity contribution in [3.05, 3.63) is 95.1 Å². The first-order valence-electron chi connectivity index (χ1n) is 15.4. The Morgan fingerprint density at radius 1 is 0.610 bits per heavy atom. The second kappa shape index (κ2) is 10.4. The Hall–Kier alpha value is -1.85. The number of fused-ring (bicyclic) bond motifs is 10. The van der Waals surface area contributed by atoms with E-state index in [9.17, 15) is 0 Å². The maximum atomic E-state index is 7.65. The van der Waals surface area contributed by atoms with Crippen molar-refractivity contribution >= 4 is 17.1 Å². The van der Waals surface area contributed by atoms with Crippen LogP contribution in [0.25, 0.3) is 0 Å². The lowest BCUT2D eigenvalue weighted by molar-refractivity contribution is -0.0477. The lowest BCUT2D eigenvalue weighted by Crippen LogP contribution is -2.62. The van der Waals surface area contributed by atoms with Crippen molar-refractivity contribution in [2.75, 3.05) is 13.2 Å². The van der Waals surface area contributed by atoms with E-state index in [1.165, 1.54) is 22.3 Å². The molecule has 220 valence electrons. The summed E-state index contributed by atoms with van der Waals surface area (Å²) in [5.41, 5.74) is 4.71. The number of rotatable bonds is 12. The van der Waals surface area contributed by atoms with Gasteiger partial charge in [-0.15, -0.1) is 0 Å². The molecule has 2 aromatic carbocycles. The number of ether oxygens (including phenoxy) is 2. The predicted molar refractivity (Wildman–Crippen MR) is 167 cm³/mol. The quantitative estimate of drug-likeness (QED) is 0.183. The second-order valence-corrected chi connectivity index (χ2v) is 22.4. The van der Waals surface area contributed by atoms with Gasteiger partial charge in [0.25, 0.3) is 0 Å². The van der Waals surface area contributed by atoms with Gasteiger partial charge in [0.1, 0.15) is 23.4 Å². The van der Waals surface area contributed by atoms with Crippen LogP contribution in [0.15, 0.2) is 72.8 Å². The highest BCUT2D eigenvalue weighted by Crippen LogP contribution is 2.54. The average Bonchev–Trinajstić information content (AvgIpc) is 3.72. The Labute approximate surface area is 248 Å². The summed E-state index contributed by atoms with van der Waals surface area (Å²) in [4.78, 5) is 0. The molecule has 0 aromatic heterocycles. The minimum absolute atomic E-state index is 0.00449. The van der Waals surface area contributed by atoms with Crippen LogP contribution in [-0.2, 0) is 33.6 Å². The minimum Gasteiger partial charge on any atom is -0.414 e. The summed E-state index contributed by atoms with van der Waals surface area (Å²) in [6.07, 6.45) is 8.75. The Morgan fingerprint density at radius 3 is 1.34 bits per heavy atom. The third kappa shape index (κ3) is 4.43. The molecule has 4 aliphatic heterocycles. The summed E-state index contributed by atoms with van der Waals surface area (Å²) < 4.78 is 35.2. The highest BCUT2D eigenvalue weighted by molar-refractivity contribution is 6.83. The van der Waals surface area contributed by atoms with Gasteiger partial charge >= 0.3 is 17.1 Å². The van der Waals surface area contributed by atoms with Crippen LogP contribution in [0.1, 0.15) is 89.9 Å². The zero-order chi connectivity index (χ0) is 29.2. The number of hydrogen-bond donors (Lipinski definition) is 0. The molecule has 0 amide bonds. The Kier molecular flexibility index (Phi) is 7.42. The summed E-state index contributed by atoms with van der Waals surface area (Å²) in [5.74, 6) is 0. The molecule has 41 heavy (non-hydrogen) atoms. The van der Waals surface area contributed by atoms with E-state index in [0.29, 0.717) is 13.2 Å². The SMILES string of the molecule is CC(C)[Si](OCC12C=CC(O1)c1ccccc12)(O[Si](OCC12C=CC(O1)c1ccccc12)(C(C)C)C(C)C)C(C)C. The van der Waals surface area contributed by atoms with Crippen molar-refractivity contribution in [1.29, 1.82) is 0 Å². The Balaban J connectivity index is 1.31. The fourth-order valence-corrected chi connectivity index (χ4v) is 18.7. The molecule has 5 nitrogen and oxygen atoms in total. The lowest BCUT2D eigenvalue weighted by Gasteiger charge is -2.49. The molecular formula is C34H46O5Si2. The van der Waals surface area contributed by atoms with Gasteiger partial charge < -0.3 is 22.4 Å². The molecule has 0 radical (unpaired) electrons. The van der Waals surface area contributed by atoms with E-state index >= 15 is 0 Å². The standard InChI is InChI=1S/C34H46O5Si2/c1-23(2)40(24(3)4,35-21-33-19-17-31(37-33)27-13-9-11-15-29(27)33)39-41(25(5)6,26(7)8)36-22-34-20-18-32(38-34)28-14-10-12-16-30(28)34/h9-20,23-26,31-32H,21-22H2,1-8H3. The van der Waals surface area contributed by atoms with Gasteiger partial charge in [-0.25, -0.2) is 0 Å². The van der Waals surface area contributed by atoms with Crippen LogP contribution < -0.4 is 0 Å². The van der Waals surface area contributed by atoms with E-state index in [1.54, 1.807) is 0 Å². The molecule has 0 fully saturated rings. The molecule has 6 rings (SSSR count). The van der Waals surface area contributed by atoms with E-state index < -0.39 is 28.3 Å². The van der Waals surface area contributed by atoms with Gasteiger partial charge in [0.05, 0.1) is 13.2 Å². The summed E-state index contributed by atoms with van der Waals surface area (Å²) in [6.45, 7) is 19.0. The third-order valence-corrected chi connectivity index (χ3v) is 19.9. The second-order valence-electron chi connectivity index (χ2n) is 13.5. The fourth-order valence-electron chi connectivity index (χ4n) is 7.54. The van der Waals surface area contributed by atoms with Gasteiger partial charge in [-0.2, -0.15) is 0 Å². The van der Waals surface area contributed by atoms with Gasteiger partial charge in [-0.05, 0) is 56.6 Å². The third-order valence-electron chi connectivity index (χ3n) is 9.76. The highest BCUT2D eigenvalue weighted by Gasteiger charge is 2.59. The van der Waals surface area contributed by atoms with Crippen molar-refractivity contribution in [1.82, 2.24) is 0 Å².